The number of hydrogen-bond acceptors (Lipinski definition) is 3. The predicted octanol–water partition coefficient (Wildman–Crippen LogP) is 10.1. The number of imidazole rings is 1. The summed E-state index contributed by atoms with van der Waals surface area (Å²) in [7, 11) is 0. The van der Waals surface area contributed by atoms with Crippen molar-refractivity contribution in [3.05, 3.63) is 156 Å². The van der Waals surface area contributed by atoms with Gasteiger partial charge < -0.3 is 9.47 Å². The molecule has 5 nitrogen and oxygen atoms in total. The molecule has 0 radical (unpaired) electrons. The van der Waals surface area contributed by atoms with Gasteiger partial charge in [0.05, 0.1) is 39.1 Å². The molecule has 0 bridgehead atoms. The van der Waals surface area contributed by atoms with E-state index in [1.165, 1.54) is 27.2 Å². The largest absolute Gasteiger partial charge is 0.309 e. The van der Waals surface area contributed by atoms with Gasteiger partial charge in [-0.1, -0.05) is 91.0 Å². The van der Waals surface area contributed by atoms with Crippen LogP contribution in [0.4, 0.5) is 17.1 Å². The van der Waals surface area contributed by atoms with Crippen LogP contribution in [-0.2, 0) is 0 Å². The van der Waals surface area contributed by atoms with Crippen molar-refractivity contribution in [3.63, 3.8) is 0 Å². The Bertz CT molecular complexity index is 2980. The number of anilines is 3. The van der Waals surface area contributed by atoms with Crippen LogP contribution >= 0.6 is 0 Å². The van der Waals surface area contributed by atoms with Crippen LogP contribution in [0.3, 0.4) is 0 Å². The van der Waals surface area contributed by atoms with Gasteiger partial charge >= 0.3 is 0 Å². The monoisotopic (exact) mass is 600 g/mol. The maximum atomic E-state index is 14.3. The molecule has 3 aromatic heterocycles. The molecular weight excluding hydrogens is 576 g/mol. The maximum absolute atomic E-state index is 14.3. The molecule has 4 heterocycles. The molecule has 0 unspecified atom stereocenters. The van der Waals surface area contributed by atoms with Crippen LogP contribution in [-0.4, -0.2) is 14.0 Å². The molecule has 47 heavy (non-hydrogen) atoms. The number of aromatic nitrogens is 3. The van der Waals surface area contributed by atoms with Gasteiger partial charge in [-0.25, -0.2) is 4.98 Å². The Morgan fingerprint density at radius 2 is 1.19 bits per heavy atom. The van der Waals surface area contributed by atoms with Gasteiger partial charge in [0.15, 0.2) is 0 Å². The van der Waals surface area contributed by atoms with E-state index in [1.807, 2.05) is 52.9 Å². The molecule has 0 saturated carbocycles. The molecule has 0 N–H and O–H groups in total. The first-order valence-electron chi connectivity index (χ1n) is 15.9. The highest BCUT2D eigenvalue weighted by Gasteiger charge is 2.29. The van der Waals surface area contributed by atoms with Gasteiger partial charge in [0.25, 0.3) is 5.56 Å². The molecule has 5 heteroatoms. The minimum absolute atomic E-state index is 0.0526. The lowest BCUT2D eigenvalue weighted by Gasteiger charge is -2.30. The molecule has 10 aromatic rings. The van der Waals surface area contributed by atoms with Gasteiger partial charge in [0, 0.05) is 38.2 Å². The van der Waals surface area contributed by atoms with Crippen LogP contribution < -0.4 is 10.5 Å². The first-order valence-corrected chi connectivity index (χ1v) is 15.9. The summed E-state index contributed by atoms with van der Waals surface area (Å²) in [6, 6.07) is 50.6. The zero-order valence-corrected chi connectivity index (χ0v) is 25.1. The third-order valence-corrected chi connectivity index (χ3v) is 9.95. The molecule has 0 atom stereocenters. The topological polar surface area (TPSA) is 42.5 Å². The second-order valence-electron chi connectivity index (χ2n) is 12.3. The highest BCUT2D eigenvalue weighted by Crippen LogP contribution is 2.53. The fourth-order valence-corrected chi connectivity index (χ4v) is 8.10. The van der Waals surface area contributed by atoms with Gasteiger partial charge in [-0.2, -0.15) is 0 Å². The van der Waals surface area contributed by atoms with Crippen LogP contribution in [0.1, 0.15) is 0 Å². The molecule has 0 amide bonds. The van der Waals surface area contributed by atoms with E-state index in [4.69, 9.17) is 4.98 Å². The zero-order valence-electron chi connectivity index (χ0n) is 25.1. The summed E-state index contributed by atoms with van der Waals surface area (Å²) in [6.45, 7) is 0. The number of para-hydroxylation sites is 1. The van der Waals surface area contributed by atoms with Gasteiger partial charge in [-0.05, 0) is 65.4 Å². The standard InChI is InChI=1S/C42H24N4O/c47-42-29-17-8-7-16-28(29)37-34(24-22-30-40(37)46(42)41(43-30)26-11-3-1-4-12-26)45-33-20-10-19-32-38(33)39-35(45)23-21-25-13-9-18-31(36(25)39)44(32)27-14-5-2-6-15-27/h1-24H. The number of pyridine rings is 1. The lowest BCUT2D eigenvalue weighted by molar-refractivity contribution is 1.12. The second-order valence-corrected chi connectivity index (χ2v) is 12.3. The summed E-state index contributed by atoms with van der Waals surface area (Å²) >= 11 is 0. The van der Waals surface area contributed by atoms with E-state index in [2.05, 4.69) is 107 Å². The average molecular weight is 601 g/mol. The van der Waals surface area contributed by atoms with Crippen molar-refractivity contribution in [1.29, 1.82) is 0 Å². The number of nitrogens with zero attached hydrogens (tertiary/aromatic N) is 4. The van der Waals surface area contributed by atoms with Crippen molar-refractivity contribution in [3.8, 4) is 17.1 Å². The normalized spacial score (nSPS) is 12.7. The van der Waals surface area contributed by atoms with Crippen molar-refractivity contribution in [1.82, 2.24) is 14.0 Å². The van der Waals surface area contributed by atoms with E-state index in [0.717, 1.165) is 55.5 Å². The molecule has 1 aliphatic rings. The Balaban J connectivity index is 1.34. The summed E-state index contributed by atoms with van der Waals surface area (Å²) in [5, 5.41) is 7.56. The van der Waals surface area contributed by atoms with Crippen LogP contribution in [0.25, 0.3) is 76.8 Å². The quantitative estimate of drug-likeness (QED) is 0.190. The Morgan fingerprint density at radius 3 is 2.02 bits per heavy atom. The van der Waals surface area contributed by atoms with E-state index in [0.29, 0.717) is 11.2 Å². The fourth-order valence-electron chi connectivity index (χ4n) is 8.10. The number of benzene rings is 7. The second kappa shape index (κ2) is 8.83. The summed E-state index contributed by atoms with van der Waals surface area (Å²) < 4.78 is 4.23. The Morgan fingerprint density at radius 1 is 0.489 bits per heavy atom. The Labute approximate surface area is 268 Å². The predicted molar refractivity (Wildman–Crippen MR) is 193 cm³/mol. The lowest BCUT2D eigenvalue weighted by atomic mass is 9.96. The molecular formula is C42H24N4O. The summed E-state index contributed by atoms with van der Waals surface area (Å²) in [4.78, 5) is 21.7. The minimum Gasteiger partial charge on any atom is -0.309 e. The minimum atomic E-state index is -0.0526. The van der Waals surface area contributed by atoms with E-state index in [1.54, 1.807) is 0 Å². The molecule has 1 aliphatic heterocycles. The van der Waals surface area contributed by atoms with Crippen molar-refractivity contribution >= 4 is 76.8 Å². The number of hydrogen-bond donors (Lipinski definition) is 0. The molecule has 0 aliphatic carbocycles. The highest BCUT2D eigenvalue weighted by atomic mass is 16.1. The zero-order chi connectivity index (χ0) is 30.8. The van der Waals surface area contributed by atoms with E-state index in [-0.39, 0.29) is 5.56 Å². The van der Waals surface area contributed by atoms with Crippen LogP contribution in [0.15, 0.2) is 150 Å². The van der Waals surface area contributed by atoms with Crippen molar-refractivity contribution in [2.45, 2.75) is 0 Å². The maximum Gasteiger partial charge on any atom is 0.264 e. The third-order valence-electron chi connectivity index (χ3n) is 9.95. The molecule has 0 fully saturated rings. The molecule has 0 spiro atoms. The fraction of sp³-hybridized carbons (Fsp3) is 0. The van der Waals surface area contributed by atoms with Crippen molar-refractivity contribution in [2.75, 3.05) is 4.90 Å². The third kappa shape index (κ3) is 3.08. The number of fused-ring (bicyclic) bond motifs is 2. The summed E-state index contributed by atoms with van der Waals surface area (Å²) in [5.74, 6) is 0.662. The van der Waals surface area contributed by atoms with E-state index < -0.39 is 0 Å². The molecule has 0 saturated heterocycles. The van der Waals surface area contributed by atoms with E-state index >= 15 is 0 Å². The first-order chi connectivity index (χ1) is 23.3. The molecule has 218 valence electrons. The van der Waals surface area contributed by atoms with Gasteiger partial charge in [0.2, 0.25) is 0 Å². The van der Waals surface area contributed by atoms with Crippen LogP contribution in [0.2, 0.25) is 0 Å². The van der Waals surface area contributed by atoms with E-state index in [9.17, 15) is 4.79 Å². The molecule has 11 rings (SSSR count). The lowest BCUT2D eigenvalue weighted by Crippen LogP contribution is -2.15. The van der Waals surface area contributed by atoms with Gasteiger partial charge in [-0.15, -0.1) is 0 Å². The van der Waals surface area contributed by atoms with Crippen LogP contribution in [0, 0.1) is 0 Å². The first kappa shape index (κ1) is 24.8. The van der Waals surface area contributed by atoms with Gasteiger partial charge in [-0.3, -0.25) is 9.20 Å². The molecule has 7 aromatic carbocycles. The smallest absolute Gasteiger partial charge is 0.264 e. The Hall–Kier alpha value is -6.46. The highest BCUT2D eigenvalue weighted by molar-refractivity contribution is 6.32. The Kier molecular flexibility index (Phi) is 4.66. The van der Waals surface area contributed by atoms with Crippen LogP contribution in [0.5, 0.6) is 0 Å². The van der Waals surface area contributed by atoms with Gasteiger partial charge in [0.1, 0.15) is 5.82 Å². The summed E-state index contributed by atoms with van der Waals surface area (Å²) in [6.07, 6.45) is 0. The SMILES string of the molecule is O=c1c2ccccc2c2c(-n3c4cccc5c4c4c6c(cccc6ccc43)N5c3ccccc3)ccc3nc(-c4ccccc4)n1c32. The van der Waals surface area contributed by atoms with Crippen molar-refractivity contribution in [2.24, 2.45) is 0 Å². The number of rotatable bonds is 3. The average Bonchev–Trinajstić information content (AvgIpc) is 3.69. The van der Waals surface area contributed by atoms with Crippen molar-refractivity contribution < 1.29 is 0 Å². The summed E-state index contributed by atoms with van der Waals surface area (Å²) in [5.41, 5.74) is 9.27.